The predicted molar refractivity (Wildman–Crippen MR) is 228 cm³/mol. The van der Waals surface area contributed by atoms with Gasteiger partial charge in [-0.3, -0.25) is 0 Å². The van der Waals surface area contributed by atoms with Crippen molar-refractivity contribution in [2.24, 2.45) is 0 Å². The summed E-state index contributed by atoms with van der Waals surface area (Å²) in [6.45, 7) is 0. The molecule has 2 heterocycles. The third kappa shape index (κ3) is 5.19. The van der Waals surface area contributed by atoms with Crippen molar-refractivity contribution < 1.29 is 0 Å². The van der Waals surface area contributed by atoms with Crippen LogP contribution in [0.4, 0.5) is 17.1 Å². The maximum atomic E-state index is 5.26. The summed E-state index contributed by atoms with van der Waals surface area (Å²) < 4.78 is 0. The van der Waals surface area contributed by atoms with Crippen LogP contribution >= 0.6 is 0 Å². The van der Waals surface area contributed by atoms with E-state index in [1.807, 2.05) is 0 Å². The van der Waals surface area contributed by atoms with Crippen LogP contribution < -0.4 is 4.90 Å². The summed E-state index contributed by atoms with van der Waals surface area (Å²) in [5.74, 6) is 1.92. The topological polar surface area (TPSA) is 41.9 Å². The molecule has 1 aromatic heterocycles. The van der Waals surface area contributed by atoms with Gasteiger partial charge in [-0.15, -0.1) is 0 Å². The van der Waals surface area contributed by atoms with Crippen molar-refractivity contribution >= 4 is 49.4 Å². The standard InChI is InChI=1S/C51H32N4/c1-3-15-35(16-4-1)41-21-11-24-44-42-22-12-23-43-45(29-30-46(47(42)43)55(48(41)44)40-19-5-2-6-20-40)51-53-49(38-27-25-33-13-7-9-17-36(33)31-38)52-50(54-51)39-28-26-34-14-8-10-18-37(34)32-39/h1-32H. The van der Waals surface area contributed by atoms with E-state index in [1.54, 1.807) is 0 Å². The fourth-order valence-corrected chi connectivity index (χ4v) is 8.22. The molecule has 0 N–H and O–H groups in total. The molecular formula is C51H32N4. The lowest BCUT2D eigenvalue weighted by molar-refractivity contribution is 1.08. The van der Waals surface area contributed by atoms with Crippen molar-refractivity contribution in [1.29, 1.82) is 0 Å². The molecule has 1 aliphatic heterocycles. The van der Waals surface area contributed by atoms with Gasteiger partial charge in [-0.25, -0.2) is 15.0 Å². The van der Waals surface area contributed by atoms with Crippen LogP contribution in [0.3, 0.4) is 0 Å². The van der Waals surface area contributed by atoms with Gasteiger partial charge in [-0.2, -0.15) is 0 Å². The quantitative estimate of drug-likeness (QED) is 0.179. The fourth-order valence-electron chi connectivity index (χ4n) is 8.22. The zero-order valence-corrected chi connectivity index (χ0v) is 29.8. The van der Waals surface area contributed by atoms with Crippen LogP contribution in [0.15, 0.2) is 194 Å². The van der Waals surface area contributed by atoms with E-state index in [9.17, 15) is 0 Å². The van der Waals surface area contributed by atoms with Gasteiger partial charge in [0.2, 0.25) is 0 Å². The first-order valence-corrected chi connectivity index (χ1v) is 18.6. The smallest absolute Gasteiger partial charge is 0.164 e. The van der Waals surface area contributed by atoms with Crippen molar-refractivity contribution in [3.63, 3.8) is 0 Å². The predicted octanol–water partition coefficient (Wildman–Crippen LogP) is 13.4. The first-order valence-electron chi connectivity index (χ1n) is 18.6. The highest BCUT2D eigenvalue weighted by Crippen LogP contribution is 2.55. The summed E-state index contributed by atoms with van der Waals surface area (Å²) in [6.07, 6.45) is 0. The third-order valence-corrected chi connectivity index (χ3v) is 10.8. The summed E-state index contributed by atoms with van der Waals surface area (Å²) in [4.78, 5) is 18.1. The zero-order chi connectivity index (χ0) is 36.3. The average Bonchev–Trinajstić information content (AvgIpc) is 3.26. The largest absolute Gasteiger partial charge is 0.309 e. The third-order valence-electron chi connectivity index (χ3n) is 10.8. The molecule has 0 radical (unpaired) electrons. The van der Waals surface area contributed by atoms with E-state index in [-0.39, 0.29) is 0 Å². The molecule has 0 unspecified atom stereocenters. The lowest BCUT2D eigenvalue weighted by atomic mass is 9.86. The number of hydrogen-bond acceptors (Lipinski definition) is 4. The van der Waals surface area contributed by atoms with Crippen molar-refractivity contribution in [2.75, 3.05) is 4.90 Å². The van der Waals surface area contributed by atoms with Crippen LogP contribution in [0, 0.1) is 0 Å². The Balaban J connectivity index is 1.17. The minimum Gasteiger partial charge on any atom is -0.309 e. The number of hydrogen-bond donors (Lipinski definition) is 0. The second kappa shape index (κ2) is 12.6. The first kappa shape index (κ1) is 31.1. The Kier molecular flexibility index (Phi) is 7.14. The van der Waals surface area contributed by atoms with Gasteiger partial charge in [0.25, 0.3) is 0 Å². The van der Waals surface area contributed by atoms with Crippen LogP contribution in [0.25, 0.3) is 88.7 Å². The molecule has 0 aliphatic carbocycles. The number of nitrogens with zero attached hydrogens (tertiary/aromatic N) is 4. The monoisotopic (exact) mass is 700 g/mol. The highest BCUT2D eigenvalue weighted by Gasteiger charge is 2.30. The molecule has 0 saturated carbocycles. The van der Waals surface area contributed by atoms with E-state index in [0.717, 1.165) is 44.2 Å². The molecule has 0 saturated heterocycles. The highest BCUT2D eigenvalue weighted by atomic mass is 15.2. The number of fused-ring (bicyclic) bond motifs is 4. The summed E-state index contributed by atoms with van der Waals surface area (Å²) in [5, 5.41) is 6.90. The van der Waals surface area contributed by atoms with Crippen molar-refractivity contribution in [1.82, 2.24) is 15.0 Å². The maximum Gasteiger partial charge on any atom is 0.164 e. The molecule has 9 aromatic carbocycles. The number of aromatic nitrogens is 3. The van der Waals surface area contributed by atoms with E-state index < -0.39 is 0 Å². The lowest BCUT2D eigenvalue weighted by Crippen LogP contribution is -2.16. The van der Waals surface area contributed by atoms with Gasteiger partial charge in [0.1, 0.15) is 0 Å². The van der Waals surface area contributed by atoms with Gasteiger partial charge in [0.05, 0.1) is 11.4 Å². The SMILES string of the molecule is c1ccc(-c2cccc3c2N(c2ccccc2)c2ccc(-c4nc(-c5ccc6ccccc6c5)nc(-c5ccc6ccccc6c5)n4)c4cccc-3c24)cc1. The van der Waals surface area contributed by atoms with Crippen LogP contribution in [0.5, 0.6) is 0 Å². The molecule has 4 nitrogen and oxygen atoms in total. The molecule has 0 spiro atoms. The van der Waals surface area contributed by atoms with Crippen LogP contribution in [0.1, 0.15) is 0 Å². The molecule has 0 atom stereocenters. The Morgan fingerprint density at radius 1 is 0.327 bits per heavy atom. The summed E-state index contributed by atoms with van der Waals surface area (Å²) in [5.41, 5.74) is 11.0. The molecule has 256 valence electrons. The van der Waals surface area contributed by atoms with E-state index >= 15 is 0 Å². The number of benzene rings is 9. The lowest BCUT2D eigenvalue weighted by Gasteiger charge is -2.35. The van der Waals surface area contributed by atoms with Crippen molar-refractivity contribution in [3.8, 4) is 56.4 Å². The second-order valence-corrected chi connectivity index (χ2v) is 14.0. The molecule has 0 amide bonds. The van der Waals surface area contributed by atoms with Gasteiger partial charge in [-0.1, -0.05) is 158 Å². The van der Waals surface area contributed by atoms with Gasteiger partial charge < -0.3 is 4.90 Å². The first-order chi connectivity index (χ1) is 27.3. The Bertz CT molecular complexity index is 3000. The molecule has 11 rings (SSSR count). The minimum absolute atomic E-state index is 0.639. The second-order valence-electron chi connectivity index (χ2n) is 14.0. The number of anilines is 3. The Hall–Kier alpha value is -7.43. The molecule has 0 bridgehead atoms. The number of para-hydroxylation sites is 2. The maximum absolute atomic E-state index is 5.26. The Labute approximate surface area is 318 Å². The zero-order valence-electron chi connectivity index (χ0n) is 29.8. The van der Waals surface area contributed by atoms with E-state index in [0.29, 0.717) is 17.5 Å². The molecule has 1 aliphatic rings. The normalized spacial score (nSPS) is 12.0. The Morgan fingerprint density at radius 2 is 0.873 bits per heavy atom. The average molecular weight is 701 g/mol. The highest BCUT2D eigenvalue weighted by molar-refractivity contribution is 6.18. The van der Waals surface area contributed by atoms with E-state index in [1.165, 1.54) is 44.1 Å². The summed E-state index contributed by atoms with van der Waals surface area (Å²) >= 11 is 0. The van der Waals surface area contributed by atoms with Crippen LogP contribution in [0.2, 0.25) is 0 Å². The van der Waals surface area contributed by atoms with Gasteiger partial charge >= 0.3 is 0 Å². The molecule has 10 aromatic rings. The van der Waals surface area contributed by atoms with E-state index in [2.05, 4.69) is 199 Å². The van der Waals surface area contributed by atoms with Crippen LogP contribution in [-0.2, 0) is 0 Å². The molecular weight excluding hydrogens is 669 g/mol. The van der Waals surface area contributed by atoms with Crippen LogP contribution in [-0.4, -0.2) is 15.0 Å². The van der Waals surface area contributed by atoms with Gasteiger partial charge in [0.15, 0.2) is 17.5 Å². The molecule has 55 heavy (non-hydrogen) atoms. The number of rotatable bonds is 5. The fraction of sp³-hybridized carbons (Fsp3) is 0. The molecule has 4 heteroatoms. The van der Waals surface area contributed by atoms with Crippen molar-refractivity contribution in [2.45, 2.75) is 0 Å². The molecule has 0 fully saturated rings. The summed E-state index contributed by atoms with van der Waals surface area (Å²) in [6, 6.07) is 68.8. The van der Waals surface area contributed by atoms with Gasteiger partial charge in [0, 0.05) is 38.9 Å². The minimum atomic E-state index is 0.639. The Morgan fingerprint density at radius 3 is 1.55 bits per heavy atom. The van der Waals surface area contributed by atoms with E-state index in [4.69, 9.17) is 15.0 Å². The summed E-state index contributed by atoms with van der Waals surface area (Å²) in [7, 11) is 0. The van der Waals surface area contributed by atoms with Gasteiger partial charge in [-0.05, 0) is 74.5 Å². The van der Waals surface area contributed by atoms with Crippen molar-refractivity contribution in [3.05, 3.63) is 194 Å².